The lowest BCUT2D eigenvalue weighted by molar-refractivity contribution is 0.0674. The molecule has 4 saturated heterocycles. The molecule has 0 spiro atoms. The Labute approximate surface area is 332 Å². The molecule has 8 heterocycles. The molecule has 4 fully saturated rings. The van der Waals surface area contributed by atoms with Gasteiger partial charge in [0, 0.05) is 74.6 Å². The summed E-state index contributed by atoms with van der Waals surface area (Å²) in [5.41, 5.74) is 5.22. The number of benzene rings is 2. The van der Waals surface area contributed by atoms with Crippen molar-refractivity contribution in [2.75, 3.05) is 68.7 Å². The first-order valence-electron chi connectivity index (χ1n) is 20.8. The van der Waals surface area contributed by atoms with Crippen molar-refractivity contribution in [3.63, 3.8) is 0 Å². The van der Waals surface area contributed by atoms with Gasteiger partial charge in [0.25, 0.3) is 5.91 Å². The minimum atomic E-state index is -0.214. The first-order chi connectivity index (χ1) is 28.0. The number of pyridine rings is 1. The summed E-state index contributed by atoms with van der Waals surface area (Å²) in [4.78, 5) is 34.4. The van der Waals surface area contributed by atoms with Crippen LogP contribution in [0.25, 0.3) is 17.0 Å². The summed E-state index contributed by atoms with van der Waals surface area (Å²) in [5.74, 6) is 1.37. The zero-order valence-electron chi connectivity index (χ0n) is 32.4. The zero-order valence-corrected chi connectivity index (χ0v) is 32.4. The van der Waals surface area contributed by atoms with Crippen molar-refractivity contribution in [3.8, 4) is 11.4 Å². The maximum atomic E-state index is 15.9. The Kier molecular flexibility index (Phi) is 9.83. The van der Waals surface area contributed by atoms with Gasteiger partial charge in [-0.2, -0.15) is 0 Å². The van der Waals surface area contributed by atoms with Gasteiger partial charge in [0.15, 0.2) is 5.65 Å². The molecule has 2 aromatic carbocycles. The molecule has 1 N–H and O–H groups in total. The highest BCUT2D eigenvalue weighted by atomic mass is 19.1. The minimum absolute atomic E-state index is 0.0251. The van der Waals surface area contributed by atoms with E-state index < -0.39 is 0 Å². The summed E-state index contributed by atoms with van der Waals surface area (Å²) in [6.07, 6.45) is 7.96. The number of fused-ring (bicyclic) bond motifs is 2. The summed E-state index contributed by atoms with van der Waals surface area (Å²) in [6, 6.07) is 21.5. The van der Waals surface area contributed by atoms with Gasteiger partial charge in [-0.05, 0) is 106 Å². The first-order valence-corrected chi connectivity index (χ1v) is 20.8. The number of hydrogen-bond acceptors (Lipinski definition) is 9. The number of likely N-dealkylation sites (tertiary alicyclic amines) is 1. The molecule has 5 aliphatic rings. The van der Waals surface area contributed by atoms with Crippen LogP contribution in [0.1, 0.15) is 71.6 Å². The SMILES string of the molecule is O=C1c2ccc(CN3CCC(N4CCN(c5cccc(-c6cnc7ccc(N8CCC[C@@H]8c8cccc(F)c8)nn67)n5)CC4)CC3)c(F)c2CN1C1CCCNC1. The lowest BCUT2D eigenvalue weighted by Crippen LogP contribution is -2.53. The molecule has 0 bridgehead atoms. The number of anilines is 2. The third-order valence-corrected chi connectivity index (χ3v) is 13.1. The summed E-state index contributed by atoms with van der Waals surface area (Å²) in [5, 5.41) is 8.44. The van der Waals surface area contributed by atoms with Gasteiger partial charge >= 0.3 is 0 Å². The average Bonchev–Trinajstić information content (AvgIpc) is 4.00. The second-order valence-corrected chi connectivity index (χ2v) is 16.4. The fraction of sp³-hybridized carbons (Fsp3) is 0.455. The third-order valence-electron chi connectivity index (χ3n) is 13.1. The fourth-order valence-electron chi connectivity index (χ4n) is 9.97. The van der Waals surface area contributed by atoms with Crippen LogP contribution in [0.3, 0.4) is 0 Å². The number of halogens is 2. The minimum Gasteiger partial charge on any atom is -0.354 e. The molecule has 10 rings (SSSR count). The highest BCUT2D eigenvalue weighted by Crippen LogP contribution is 2.36. The van der Waals surface area contributed by atoms with E-state index in [1.54, 1.807) is 12.1 Å². The molecule has 2 atom stereocenters. The Morgan fingerprint density at radius 2 is 1.65 bits per heavy atom. The summed E-state index contributed by atoms with van der Waals surface area (Å²) < 4.78 is 31.9. The van der Waals surface area contributed by atoms with E-state index in [9.17, 15) is 9.18 Å². The Morgan fingerprint density at radius 3 is 2.47 bits per heavy atom. The number of nitrogens with one attached hydrogen (secondary N) is 1. The predicted molar refractivity (Wildman–Crippen MR) is 216 cm³/mol. The van der Waals surface area contributed by atoms with Crippen molar-refractivity contribution in [3.05, 3.63) is 107 Å². The van der Waals surface area contributed by atoms with Crippen molar-refractivity contribution in [1.82, 2.24) is 39.6 Å². The zero-order chi connectivity index (χ0) is 38.5. The Morgan fingerprint density at radius 1 is 0.789 bits per heavy atom. The van der Waals surface area contributed by atoms with E-state index in [-0.39, 0.29) is 29.6 Å². The van der Waals surface area contributed by atoms with Gasteiger partial charge in [0.05, 0.1) is 24.5 Å². The second kappa shape index (κ2) is 15.4. The molecule has 3 aromatic heterocycles. The van der Waals surface area contributed by atoms with Gasteiger partial charge in [0.1, 0.15) is 29.0 Å². The summed E-state index contributed by atoms with van der Waals surface area (Å²) in [7, 11) is 0. The quantitative estimate of drug-likeness (QED) is 0.207. The number of rotatable bonds is 8. The molecule has 0 saturated carbocycles. The van der Waals surface area contributed by atoms with Crippen molar-refractivity contribution in [2.45, 2.75) is 69.7 Å². The maximum absolute atomic E-state index is 15.9. The van der Waals surface area contributed by atoms with E-state index in [0.717, 1.165) is 132 Å². The highest BCUT2D eigenvalue weighted by molar-refractivity contribution is 5.98. The van der Waals surface area contributed by atoms with Gasteiger partial charge < -0.3 is 20.0 Å². The monoisotopic (exact) mass is 772 g/mol. The number of amides is 1. The van der Waals surface area contributed by atoms with Crippen LogP contribution in [0.15, 0.2) is 72.9 Å². The molecule has 296 valence electrons. The molecule has 1 unspecified atom stereocenters. The normalized spacial score (nSPS) is 22.6. The van der Waals surface area contributed by atoms with Crippen molar-refractivity contribution in [2.24, 2.45) is 0 Å². The number of imidazole rings is 1. The standard InChI is InChI=1S/C44H50F2N10O/c45-32-6-1-5-30(25-32)38-9-4-18-54(38)42-14-13-40-48-27-39(56(40)50-42)37-8-2-10-41(49-37)53-23-21-52(22-24-53)33-15-19-51(20-16-33)28-31-11-12-35-36(43(31)46)29-55(44(35)57)34-7-3-17-47-26-34/h1-2,5-6,8,10-14,25,27,33-34,38,47H,3-4,7,9,15-24,26,28-29H2/t34?,38-/m1/s1. The summed E-state index contributed by atoms with van der Waals surface area (Å²) >= 11 is 0. The lowest BCUT2D eigenvalue weighted by atomic mass is 10.00. The van der Waals surface area contributed by atoms with E-state index in [2.05, 4.69) is 42.0 Å². The first kappa shape index (κ1) is 36.4. The van der Waals surface area contributed by atoms with Gasteiger partial charge in [-0.15, -0.1) is 5.10 Å². The molecule has 57 heavy (non-hydrogen) atoms. The molecule has 0 radical (unpaired) electrons. The van der Waals surface area contributed by atoms with Crippen LogP contribution >= 0.6 is 0 Å². The van der Waals surface area contributed by atoms with Crippen molar-refractivity contribution in [1.29, 1.82) is 0 Å². The number of carbonyl (C=O) groups excluding carboxylic acids is 1. The maximum Gasteiger partial charge on any atom is 0.254 e. The van der Waals surface area contributed by atoms with E-state index in [0.29, 0.717) is 35.8 Å². The van der Waals surface area contributed by atoms with E-state index in [1.807, 2.05) is 52.0 Å². The van der Waals surface area contributed by atoms with Crippen LogP contribution in [0.5, 0.6) is 0 Å². The summed E-state index contributed by atoms with van der Waals surface area (Å²) in [6.45, 7) is 9.20. The van der Waals surface area contributed by atoms with Crippen LogP contribution in [0.2, 0.25) is 0 Å². The number of aromatic nitrogens is 4. The Hall–Kier alpha value is -4.98. The van der Waals surface area contributed by atoms with E-state index in [1.165, 1.54) is 6.07 Å². The Balaban J connectivity index is 0.753. The van der Waals surface area contributed by atoms with Crippen LogP contribution in [-0.2, 0) is 13.1 Å². The van der Waals surface area contributed by atoms with Crippen LogP contribution < -0.4 is 15.1 Å². The molecule has 1 amide bonds. The van der Waals surface area contributed by atoms with Crippen LogP contribution in [0, 0.1) is 11.6 Å². The Bertz CT molecular complexity index is 2260. The molecular weight excluding hydrogens is 723 g/mol. The second-order valence-electron chi connectivity index (χ2n) is 16.4. The molecule has 11 nitrogen and oxygen atoms in total. The topological polar surface area (TPSA) is 88.4 Å². The van der Waals surface area contributed by atoms with E-state index in [4.69, 9.17) is 10.1 Å². The number of piperazine rings is 1. The number of nitrogens with zero attached hydrogens (tertiary/aromatic N) is 9. The van der Waals surface area contributed by atoms with Gasteiger partial charge in [-0.1, -0.05) is 24.3 Å². The fourth-order valence-corrected chi connectivity index (χ4v) is 9.97. The van der Waals surface area contributed by atoms with Crippen LogP contribution in [0.4, 0.5) is 20.4 Å². The van der Waals surface area contributed by atoms with Crippen molar-refractivity contribution >= 4 is 23.2 Å². The number of hydrogen-bond donors (Lipinski definition) is 1. The predicted octanol–water partition coefficient (Wildman–Crippen LogP) is 5.91. The molecule has 0 aliphatic carbocycles. The molecule has 5 aliphatic heterocycles. The van der Waals surface area contributed by atoms with E-state index >= 15 is 4.39 Å². The largest absolute Gasteiger partial charge is 0.354 e. The smallest absolute Gasteiger partial charge is 0.254 e. The number of carbonyl (C=O) groups is 1. The average molecular weight is 773 g/mol. The molecule has 13 heteroatoms. The van der Waals surface area contributed by atoms with Gasteiger partial charge in [-0.25, -0.2) is 23.3 Å². The highest BCUT2D eigenvalue weighted by Gasteiger charge is 2.36. The molecule has 5 aromatic rings. The van der Waals surface area contributed by atoms with Gasteiger partial charge in [-0.3, -0.25) is 14.6 Å². The van der Waals surface area contributed by atoms with Crippen molar-refractivity contribution < 1.29 is 13.6 Å². The number of piperidine rings is 2. The lowest BCUT2D eigenvalue weighted by Gasteiger charge is -2.43. The van der Waals surface area contributed by atoms with Crippen LogP contribution in [-0.4, -0.2) is 111 Å². The third kappa shape index (κ3) is 7.03. The van der Waals surface area contributed by atoms with Gasteiger partial charge in [0.2, 0.25) is 0 Å². The molecular formula is C44H50F2N10O.